The van der Waals surface area contributed by atoms with Gasteiger partial charge in [0.15, 0.2) is 0 Å². The minimum absolute atomic E-state index is 0.0451. The highest BCUT2D eigenvalue weighted by atomic mass is 32.2. The van der Waals surface area contributed by atoms with E-state index in [4.69, 9.17) is 4.42 Å². The maximum atomic E-state index is 12.9. The molecule has 1 aliphatic carbocycles. The Balaban J connectivity index is 1.40. The minimum Gasteiger partial charge on any atom is -0.414 e. The van der Waals surface area contributed by atoms with E-state index in [-0.39, 0.29) is 41.3 Å². The van der Waals surface area contributed by atoms with E-state index < -0.39 is 5.82 Å². The van der Waals surface area contributed by atoms with E-state index >= 15 is 0 Å². The SMILES string of the molecule is O=C(CSc1nnc(CNC(=O)c2ccc(F)cc2)o1)NC1CCCCC1. The zero-order valence-electron chi connectivity index (χ0n) is 14.7. The van der Waals surface area contributed by atoms with Gasteiger partial charge in [0, 0.05) is 11.6 Å². The van der Waals surface area contributed by atoms with Crippen LogP contribution in [0.2, 0.25) is 0 Å². The highest BCUT2D eigenvalue weighted by Gasteiger charge is 2.17. The summed E-state index contributed by atoms with van der Waals surface area (Å²) in [5.74, 6) is -0.371. The van der Waals surface area contributed by atoms with E-state index in [1.54, 1.807) is 0 Å². The molecule has 0 atom stereocenters. The molecule has 1 aliphatic rings. The van der Waals surface area contributed by atoms with Gasteiger partial charge in [0.2, 0.25) is 11.8 Å². The quantitative estimate of drug-likeness (QED) is 0.703. The van der Waals surface area contributed by atoms with Gasteiger partial charge in [-0.25, -0.2) is 4.39 Å². The molecule has 144 valence electrons. The molecule has 2 amide bonds. The van der Waals surface area contributed by atoms with Gasteiger partial charge in [0.25, 0.3) is 11.1 Å². The largest absolute Gasteiger partial charge is 0.414 e. The predicted molar refractivity (Wildman–Crippen MR) is 97.6 cm³/mol. The van der Waals surface area contributed by atoms with Crippen molar-refractivity contribution in [2.75, 3.05) is 5.75 Å². The second-order valence-electron chi connectivity index (χ2n) is 6.34. The lowest BCUT2D eigenvalue weighted by atomic mass is 9.95. The van der Waals surface area contributed by atoms with E-state index in [2.05, 4.69) is 20.8 Å². The van der Waals surface area contributed by atoms with E-state index in [0.717, 1.165) is 37.4 Å². The lowest BCUT2D eigenvalue weighted by molar-refractivity contribution is -0.119. The van der Waals surface area contributed by atoms with E-state index in [0.29, 0.717) is 5.56 Å². The maximum Gasteiger partial charge on any atom is 0.277 e. The zero-order chi connectivity index (χ0) is 19.1. The molecule has 7 nitrogen and oxygen atoms in total. The Morgan fingerprint density at radius 3 is 2.63 bits per heavy atom. The van der Waals surface area contributed by atoms with Gasteiger partial charge in [0.05, 0.1) is 12.3 Å². The number of carbonyl (C=O) groups is 2. The molecular weight excluding hydrogens is 371 g/mol. The van der Waals surface area contributed by atoms with Gasteiger partial charge in [-0.15, -0.1) is 10.2 Å². The van der Waals surface area contributed by atoms with Crippen molar-refractivity contribution < 1.29 is 18.4 Å². The molecule has 0 saturated heterocycles. The Bertz CT molecular complexity index is 775. The van der Waals surface area contributed by atoms with Crippen LogP contribution in [0.4, 0.5) is 4.39 Å². The average Bonchev–Trinajstić information content (AvgIpc) is 3.14. The van der Waals surface area contributed by atoms with Gasteiger partial charge >= 0.3 is 0 Å². The maximum absolute atomic E-state index is 12.9. The fourth-order valence-corrected chi connectivity index (χ4v) is 3.46. The van der Waals surface area contributed by atoms with Crippen molar-refractivity contribution in [1.29, 1.82) is 0 Å². The fourth-order valence-electron chi connectivity index (χ4n) is 2.87. The minimum atomic E-state index is -0.405. The second kappa shape index (κ2) is 9.50. The summed E-state index contributed by atoms with van der Waals surface area (Å²) in [4.78, 5) is 23.9. The summed E-state index contributed by atoms with van der Waals surface area (Å²) in [5.41, 5.74) is 0.338. The van der Waals surface area contributed by atoms with Crippen LogP contribution in [0.5, 0.6) is 0 Å². The number of benzene rings is 1. The first-order valence-corrected chi connectivity index (χ1v) is 9.87. The van der Waals surface area contributed by atoms with Crippen LogP contribution in [-0.4, -0.2) is 33.8 Å². The molecule has 0 spiro atoms. The van der Waals surface area contributed by atoms with E-state index in [1.807, 2.05) is 0 Å². The molecule has 3 rings (SSSR count). The van der Waals surface area contributed by atoms with Crippen molar-refractivity contribution in [2.45, 2.75) is 49.9 Å². The summed E-state index contributed by atoms with van der Waals surface area (Å²) in [6.45, 7) is 0.0536. The van der Waals surface area contributed by atoms with Gasteiger partial charge in [-0.05, 0) is 37.1 Å². The Morgan fingerprint density at radius 1 is 1.15 bits per heavy atom. The van der Waals surface area contributed by atoms with Gasteiger partial charge in [-0.3, -0.25) is 9.59 Å². The molecule has 27 heavy (non-hydrogen) atoms. The summed E-state index contributed by atoms with van der Waals surface area (Å²) >= 11 is 1.16. The first kappa shape index (κ1) is 19.3. The van der Waals surface area contributed by atoms with Crippen LogP contribution in [0.3, 0.4) is 0 Å². The van der Waals surface area contributed by atoms with Crippen LogP contribution in [0, 0.1) is 5.82 Å². The molecule has 0 bridgehead atoms. The van der Waals surface area contributed by atoms with E-state index in [1.165, 1.54) is 30.7 Å². The number of amides is 2. The number of rotatable bonds is 7. The first-order chi connectivity index (χ1) is 13.1. The van der Waals surface area contributed by atoms with Gasteiger partial charge in [-0.2, -0.15) is 0 Å². The van der Waals surface area contributed by atoms with Crippen molar-refractivity contribution >= 4 is 23.6 Å². The third kappa shape index (κ3) is 6.06. The van der Waals surface area contributed by atoms with Crippen LogP contribution < -0.4 is 10.6 Å². The summed E-state index contributed by atoms with van der Waals surface area (Å²) in [5, 5.41) is 13.6. The number of thioether (sulfide) groups is 1. The zero-order valence-corrected chi connectivity index (χ0v) is 15.6. The Hall–Kier alpha value is -2.42. The van der Waals surface area contributed by atoms with Crippen molar-refractivity contribution in [3.05, 3.63) is 41.5 Å². The topological polar surface area (TPSA) is 97.1 Å². The lowest BCUT2D eigenvalue weighted by Gasteiger charge is -2.22. The molecule has 1 saturated carbocycles. The lowest BCUT2D eigenvalue weighted by Crippen LogP contribution is -2.37. The molecule has 2 N–H and O–H groups in total. The number of aromatic nitrogens is 2. The third-order valence-electron chi connectivity index (χ3n) is 4.25. The van der Waals surface area contributed by atoms with Crippen LogP contribution in [0.25, 0.3) is 0 Å². The number of halogens is 1. The van der Waals surface area contributed by atoms with Gasteiger partial charge < -0.3 is 15.1 Å². The highest BCUT2D eigenvalue weighted by Crippen LogP contribution is 2.19. The fraction of sp³-hybridized carbons (Fsp3) is 0.444. The number of nitrogens with one attached hydrogen (secondary N) is 2. The van der Waals surface area contributed by atoms with Crippen LogP contribution in [0.1, 0.15) is 48.4 Å². The predicted octanol–water partition coefficient (Wildman–Crippen LogP) is 2.68. The number of carbonyl (C=O) groups excluding carboxylic acids is 2. The first-order valence-electron chi connectivity index (χ1n) is 8.88. The Kier molecular flexibility index (Phi) is 6.80. The number of hydrogen-bond donors (Lipinski definition) is 2. The second-order valence-corrected chi connectivity index (χ2v) is 7.27. The van der Waals surface area contributed by atoms with Crippen molar-refractivity contribution in [1.82, 2.24) is 20.8 Å². The van der Waals surface area contributed by atoms with Crippen LogP contribution >= 0.6 is 11.8 Å². The molecule has 1 aromatic heterocycles. The number of hydrogen-bond acceptors (Lipinski definition) is 6. The van der Waals surface area contributed by atoms with Crippen molar-refractivity contribution in [3.63, 3.8) is 0 Å². The highest BCUT2D eigenvalue weighted by molar-refractivity contribution is 7.99. The molecule has 0 aliphatic heterocycles. The third-order valence-corrected chi connectivity index (χ3v) is 5.07. The van der Waals surface area contributed by atoms with Crippen LogP contribution in [0.15, 0.2) is 33.9 Å². The van der Waals surface area contributed by atoms with Crippen molar-refractivity contribution in [3.8, 4) is 0 Å². The molecule has 1 aromatic carbocycles. The summed E-state index contributed by atoms with van der Waals surface area (Å²) < 4.78 is 18.3. The average molecular weight is 392 g/mol. The molecule has 0 radical (unpaired) electrons. The monoisotopic (exact) mass is 392 g/mol. The van der Waals surface area contributed by atoms with E-state index in [9.17, 15) is 14.0 Å². The molecule has 1 fully saturated rings. The summed E-state index contributed by atoms with van der Waals surface area (Å²) in [6.07, 6.45) is 5.64. The Labute approximate surface area is 160 Å². The smallest absolute Gasteiger partial charge is 0.277 e. The van der Waals surface area contributed by atoms with Crippen LogP contribution in [-0.2, 0) is 11.3 Å². The number of nitrogens with zero attached hydrogens (tertiary/aromatic N) is 2. The van der Waals surface area contributed by atoms with Gasteiger partial charge in [0.1, 0.15) is 5.82 Å². The van der Waals surface area contributed by atoms with Gasteiger partial charge in [-0.1, -0.05) is 31.0 Å². The summed E-state index contributed by atoms with van der Waals surface area (Å²) in [6, 6.07) is 5.49. The molecular formula is C18H21FN4O3S. The molecule has 1 heterocycles. The Morgan fingerprint density at radius 2 is 1.89 bits per heavy atom. The molecule has 0 unspecified atom stereocenters. The summed E-state index contributed by atoms with van der Waals surface area (Å²) in [7, 11) is 0. The standard InChI is InChI=1S/C18H21FN4O3S/c19-13-8-6-12(7-9-13)17(25)20-10-16-22-23-18(26-16)27-11-15(24)21-14-4-2-1-3-5-14/h6-9,14H,1-5,10-11H2,(H,20,25)(H,21,24). The van der Waals surface area contributed by atoms with Crippen molar-refractivity contribution in [2.24, 2.45) is 0 Å². The normalized spacial score (nSPS) is 14.7. The molecule has 9 heteroatoms. The molecule has 2 aromatic rings.